The van der Waals surface area contributed by atoms with Crippen molar-refractivity contribution in [2.24, 2.45) is 5.73 Å². The maximum Gasteiger partial charge on any atom is 0.405 e. The fourth-order valence-electron chi connectivity index (χ4n) is 3.04. The van der Waals surface area contributed by atoms with Crippen LogP contribution in [0.3, 0.4) is 0 Å². The van der Waals surface area contributed by atoms with E-state index in [1.165, 1.54) is 0 Å². The number of carbonyl (C=O) groups excluding carboxylic acids is 2. The van der Waals surface area contributed by atoms with Crippen LogP contribution in [0.15, 0.2) is 60.7 Å². The van der Waals surface area contributed by atoms with Gasteiger partial charge in [0.25, 0.3) is 0 Å². The Bertz CT molecular complexity index is 729. The number of hydrogen-bond acceptors (Lipinski definition) is 3. The largest absolute Gasteiger partial charge is 0.444 e. The van der Waals surface area contributed by atoms with Crippen molar-refractivity contribution in [1.29, 1.82) is 0 Å². The molecule has 0 aliphatic rings. The lowest BCUT2D eigenvalue weighted by atomic mass is 9.86. The number of rotatable bonds is 7. The number of primary amides is 1. The SMILES string of the molecule is CN(Cc1ccccc1)C(=O)C(CC(C)(C)OC(N)=O)c1ccccc1. The summed E-state index contributed by atoms with van der Waals surface area (Å²) in [4.78, 5) is 26.0. The van der Waals surface area contributed by atoms with E-state index in [-0.39, 0.29) is 5.91 Å². The molecule has 0 radical (unpaired) electrons. The highest BCUT2D eigenvalue weighted by Crippen LogP contribution is 2.30. The van der Waals surface area contributed by atoms with Crippen LogP contribution >= 0.6 is 0 Å². The highest BCUT2D eigenvalue weighted by atomic mass is 16.6. The second kappa shape index (κ2) is 8.52. The predicted molar refractivity (Wildman–Crippen MR) is 101 cm³/mol. The van der Waals surface area contributed by atoms with Crippen molar-refractivity contribution >= 4 is 12.0 Å². The van der Waals surface area contributed by atoms with E-state index < -0.39 is 17.6 Å². The number of ether oxygens (including phenoxy) is 1. The lowest BCUT2D eigenvalue weighted by molar-refractivity contribution is -0.133. The zero-order chi connectivity index (χ0) is 19.2. The third kappa shape index (κ3) is 5.62. The summed E-state index contributed by atoms with van der Waals surface area (Å²) in [6.07, 6.45) is -0.496. The Morgan fingerprint density at radius 2 is 1.58 bits per heavy atom. The summed E-state index contributed by atoms with van der Waals surface area (Å²) in [6, 6.07) is 19.4. The van der Waals surface area contributed by atoms with Crippen LogP contribution in [0.1, 0.15) is 37.3 Å². The van der Waals surface area contributed by atoms with Gasteiger partial charge in [-0.05, 0) is 25.0 Å². The molecule has 0 saturated heterocycles. The molecule has 1 unspecified atom stereocenters. The van der Waals surface area contributed by atoms with Gasteiger partial charge >= 0.3 is 6.09 Å². The Labute approximate surface area is 154 Å². The zero-order valence-electron chi connectivity index (χ0n) is 15.5. The molecule has 0 aliphatic heterocycles. The van der Waals surface area contributed by atoms with Crippen LogP contribution in [0.2, 0.25) is 0 Å². The van der Waals surface area contributed by atoms with Gasteiger partial charge in [0.15, 0.2) is 0 Å². The fraction of sp³-hybridized carbons (Fsp3) is 0.333. The first-order chi connectivity index (χ1) is 12.3. The Morgan fingerprint density at radius 1 is 1.04 bits per heavy atom. The maximum absolute atomic E-state index is 13.2. The number of hydrogen-bond donors (Lipinski definition) is 1. The molecule has 2 N–H and O–H groups in total. The minimum absolute atomic E-state index is 0.0267. The van der Waals surface area contributed by atoms with Gasteiger partial charge in [0, 0.05) is 20.0 Å². The lowest BCUT2D eigenvalue weighted by Gasteiger charge is -2.31. The van der Waals surface area contributed by atoms with E-state index in [4.69, 9.17) is 10.5 Å². The Hall–Kier alpha value is -2.82. The molecule has 0 spiro atoms. The standard InChI is InChI=1S/C21H26N2O3/c1-21(2,26-20(22)25)14-18(17-12-8-5-9-13-17)19(24)23(3)15-16-10-6-4-7-11-16/h4-13,18H,14-15H2,1-3H3,(H2,22,25). The van der Waals surface area contributed by atoms with Crippen LogP contribution < -0.4 is 5.73 Å². The highest BCUT2D eigenvalue weighted by Gasteiger charge is 2.33. The van der Waals surface area contributed by atoms with E-state index in [1.807, 2.05) is 60.7 Å². The van der Waals surface area contributed by atoms with E-state index in [0.717, 1.165) is 11.1 Å². The fourth-order valence-corrected chi connectivity index (χ4v) is 3.04. The molecule has 0 aromatic heterocycles. The molecule has 0 fully saturated rings. The quantitative estimate of drug-likeness (QED) is 0.824. The molecule has 26 heavy (non-hydrogen) atoms. The molecule has 138 valence electrons. The monoisotopic (exact) mass is 354 g/mol. The summed E-state index contributed by atoms with van der Waals surface area (Å²) in [5.41, 5.74) is 6.27. The molecule has 0 saturated carbocycles. The van der Waals surface area contributed by atoms with Crippen molar-refractivity contribution in [3.05, 3.63) is 71.8 Å². The van der Waals surface area contributed by atoms with Gasteiger partial charge in [-0.1, -0.05) is 60.7 Å². The van der Waals surface area contributed by atoms with Crippen molar-refractivity contribution in [2.45, 2.75) is 38.3 Å². The van der Waals surface area contributed by atoms with Gasteiger partial charge in [0.05, 0.1) is 5.92 Å². The van der Waals surface area contributed by atoms with E-state index in [2.05, 4.69) is 0 Å². The van der Waals surface area contributed by atoms with Gasteiger partial charge in [0.2, 0.25) is 5.91 Å². The van der Waals surface area contributed by atoms with Crippen molar-refractivity contribution in [3.63, 3.8) is 0 Å². The number of amides is 2. The number of carbonyl (C=O) groups is 2. The summed E-state index contributed by atoms with van der Waals surface area (Å²) in [5.74, 6) is -0.458. The minimum atomic E-state index is -0.852. The average Bonchev–Trinajstić information content (AvgIpc) is 2.59. The van der Waals surface area contributed by atoms with Crippen molar-refractivity contribution in [1.82, 2.24) is 4.90 Å². The first-order valence-corrected chi connectivity index (χ1v) is 8.61. The lowest BCUT2D eigenvalue weighted by Crippen LogP contribution is -2.38. The Balaban J connectivity index is 2.22. The van der Waals surface area contributed by atoms with Gasteiger partial charge in [-0.15, -0.1) is 0 Å². The van der Waals surface area contributed by atoms with Crippen LogP contribution in [-0.2, 0) is 16.1 Å². The molecule has 5 heteroatoms. The summed E-state index contributed by atoms with van der Waals surface area (Å²) in [7, 11) is 1.78. The summed E-state index contributed by atoms with van der Waals surface area (Å²) >= 11 is 0. The van der Waals surface area contributed by atoms with E-state index in [1.54, 1.807) is 25.8 Å². The maximum atomic E-state index is 13.2. The van der Waals surface area contributed by atoms with Crippen LogP contribution in [0.5, 0.6) is 0 Å². The number of benzene rings is 2. The van der Waals surface area contributed by atoms with Crippen LogP contribution in [-0.4, -0.2) is 29.5 Å². The smallest absolute Gasteiger partial charge is 0.405 e. The molecule has 1 atom stereocenters. The van der Waals surface area contributed by atoms with Crippen molar-refractivity contribution < 1.29 is 14.3 Å². The summed E-state index contributed by atoms with van der Waals surface area (Å²) in [6.45, 7) is 4.04. The Kier molecular flexibility index (Phi) is 6.39. The molecular weight excluding hydrogens is 328 g/mol. The third-order valence-electron chi connectivity index (χ3n) is 4.21. The summed E-state index contributed by atoms with van der Waals surface area (Å²) < 4.78 is 5.21. The van der Waals surface area contributed by atoms with Crippen molar-refractivity contribution in [3.8, 4) is 0 Å². The van der Waals surface area contributed by atoms with Crippen molar-refractivity contribution in [2.75, 3.05) is 7.05 Å². The molecule has 2 amide bonds. The summed E-state index contributed by atoms with van der Waals surface area (Å²) in [5, 5.41) is 0. The minimum Gasteiger partial charge on any atom is -0.444 e. The van der Waals surface area contributed by atoms with Crippen LogP contribution in [0.4, 0.5) is 4.79 Å². The normalized spacial score (nSPS) is 12.3. The van der Waals surface area contributed by atoms with E-state index in [0.29, 0.717) is 13.0 Å². The third-order valence-corrected chi connectivity index (χ3v) is 4.21. The predicted octanol–water partition coefficient (Wildman–Crippen LogP) is 3.69. The van der Waals surface area contributed by atoms with Crippen LogP contribution in [0, 0.1) is 0 Å². The van der Waals surface area contributed by atoms with Gasteiger partial charge in [-0.3, -0.25) is 4.79 Å². The molecule has 2 rings (SSSR count). The molecular formula is C21H26N2O3. The molecule has 0 bridgehead atoms. The zero-order valence-corrected chi connectivity index (χ0v) is 15.5. The van der Waals surface area contributed by atoms with Gasteiger partial charge in [-0.25, -0.2) is 4.79 Å². The van der Waals surface area contributed by atoms with Gasteiger partial charge < -0.3 is 15.4 Å². The molecule has 5 nitrogen and oxygen atoms in total. The molecule has 2 aromatic rings. The number of nitrogens with two attached hydrogens (primary N) is 1. The second-order valence-electron chi connectivity index (χ2n) is 7.03. The first kappa shape index (κ1) is 19.5. The first-order valence-electron chi connectivity index (χ1n) is 8.61. The second-order valence-corrected chi connectivity index (χ2v) is 7.03. The topological polar surface area (TPSA) is 72.6 Å². The Morgan fingerprint density at radius 3 is 2.12 bits per heavy atom. The van der Waals surface area contributed by atoms with Gasteiger partial charge in [-0.2, -0.15) is 0 Å². The number of likely N-dealkylation sites (N-methyl/N-ethyl adjacent to an activating group) is 1. The van der Waals surface area contributed by atoms with Gasteiger partial charge in [0.1, 0.15) is 5.60 Å². The van der Waals surface area contributed by atoms with E-state index >= 15 is 0 Å². The molecule has 0 aliphatic carbocycles. The number of nitrogens with zero attached hydrogens (tertiary/aromatic N) is 1. The molecule has 2 aromatic carbocycles. The van der Waals surface area contributed by atoms with Crippen LogP contribution in [0.25, 0.3) is 0 Å². The molecule has 0 heterocycles. The van der Waals surface area contributed by atoms with E-state index in [9.17, 15) is 9.59 Å². The average molecular weight is 354 g/mol. The highest BCUT2D eigenvalue weighted by molar-refractivity contribution is 5.83.